The minimum absolute atomic E-state index is 0.144. The smallest absolute Gasteiger partial charge is 0.268 e. The van der Waals surface area contributed by atoms with Gasteiger partial charge >= 0.3 is 0 Å². The summed E-state index contributed by atoms with van der Waals surface area (Å²) in [5.41, 5.74) is 0.767. The molecular formula is C28H32N4O3. The van der Waals surface area contributed by atoms with Gasteiger partial charge in [-0.15, -0.1) is 0 Å². The SMILES string of the molecule is CCC(NC(=O)c1c(O)c2ccccc2n(Cc2cccnc2)c1=O)N1C2CC3CC(C2)CC1C3. The highest BCUT2D eigenvalue weighted by Gasteiger charge is 2.49. The molecule has 2 saturated heterocycles. The second-order valence-electron chi connectivity index (χ2n) is 10.6. The lowest BCUT2D eigenvalue weighted by atomic mass is 9.63. The summed E-state index contributed by atoms with van der Waals surface area (Å²) in [6.45, 7) is 2.35. The molecule has 7 heteroatoms. The van der Waals surface area contributed by atoms with E-state index in [1.165, 1.54) is 32.1 Å². The van der Waals surface area contributed by atoms with Crippen molar-refractivity contribution in [3.63, 3.8) is 0 Å². The van der Waals surface area contributed by atoms with Crippen molar-refractivity contribution in [1.82, 2.24) is 19.8 Å². The monoisotopic (exact) mass is 472 g/mol. The Morgan fingerprint density at radius 1 is 1.09 bits per heavy atom. The van der Waals surface area contributed by atoms with Crippen LogP contribution in [0.15, 0.2) is 53.6 Å². The number of pyridine rings is 2. The second-order valence-corrected chi connectivity index (χ2v) is 10.6. The van der Waals surface area contributed by atoms with Gasteiger partial charge in [0.2, 0.25) is 0 Å². The fraction of sp³-hybridized carbons (Fsp3) is 0.464. The third kappa shape index (κ3) is 3.82. The molecule has 4 fully saturated rings. The maximum Gasteiger partial charge on any atom is 0.268 e. The number of amides is 1. The van der Waals surface area contributed by atoms with Crippen LogP contribution >= 0.6 is 0 Å². The van der Waals surface area contributed by atoms with Gasteiger partial charge in [-0.05, 0) is 74.1 Å². The Bertz CT molecular complexity index is 1290. The summed E-state index contributed by atoms with van der Waals surface area (Å²) < 4.78 is 1.56. The average Bonchev–Trinajstić information content (AvgIpc) is 2.86. The zero-order chi connectivity index (χ0) is 24.1. The Morgan fingerprint density at radius 2 is 1.80 bits per heavy atom. The molecule has 7 rings (SSSR count). The number of rotatable bonds is 6. The average molecular weight is 473 g/mol. The van der Waals surface area contributed by atoms with Crippen LogP contribution in [0.2, 0.25) is 0 Å². The van der Waals surface area contributed by atoms with Crippen LogP contribution in [0.1, 0.15) is 61.4 Å². The van der Waals surface area contributed by atoms with E-state index >= 15 is 0 Å². The second kappa shape index (κ2) is 8.79. The predicted octanol–water partition coefficient (Wildman–Crippen LogP) is 3.88. The molecule has 2 saturated carbocycles. The Balaban J connectivity index is 1.35. The van der Waals surface area contributed by atoms with Crippen LogP contribution in [0.25, 0.3) is 10.9 Å². The fourth-order valence-electron chi connectivity index (χ4n) is 7.11. The molecule has 4 bridgehead atoms. The van der Waals surface area contributed by atoms with Gasteiger partial charge in [0.1, 0.15) is 11.3 Å². The summed E-state index contributed by atoms with van der Waals surface area (Å²) in [4.78, 5) is 33.9. The van der Waals surface area contributed by atoms with Crippen molar-refractivity contribution < 1.29 is 9.90 Å². The molecule has 35 heavy (non-hydrogen) atoms. The van der Waals surface area contributed by atoms with Crippen molar-refractivity contribution in [2.45, 2.75) is 70.2 Å². The fourth-order valence-corrected chi connectivity index (χ4v) is 7.11. The van der Waals surface area contributed by atoms with Gasteiger partial charge < -0.3 is 15.0 Å². The Labute approximate surface area is 204 Å². The number of benzene rings is 1. The van der Waals surface area contributed by atoms with Crippen LogP contribution in [0, 0.1) is 11.8 Å². The third-order valence-corrected chi connectivity index (χ3v) is 8.41. The van der Waals surface area contributed by atoms with E-state index in [1.54, 1.807) is 35.2 Å². The van der Waals surface area contributed by atoms with E-state index in [4.69, 9.17) is 0 Å². The molecule has 1 atom stereocenters. The number of hydrogen-bond acceptors (Lipinski definition) is 5. The van der Waals surface area contributed by atoms with E-state index in [2.05, 4.69) is 22.1 Å². The van der Waals surface area contributed by atoms with Gasteiger partial charge in [-0.3, -0.25) is 19.5 Å². The summed E-state index contributed by atoms with van der Waals surface area (Å²) >= 11 is 0. The number of aromatic nitrogens is 2. The zero-order valence-electron chi connectivity index (χ0n) is 20.1. The molecule has 1 aromatic carbocycles. The summed E-state index contributed by atoms with van der Waals surface area (Å²) in [6, 6.07) is 11.9. The van der Waals surface area contributed by atoms with Crippen molar-refractivity contribution in [3.8, 4) is 5.75 Å². The highest BCUT2D eigenvalue weighted by atomic mass is 16.3. The first kappa shape index (κ1) is 22.3. The van der Waals surface area contributed by atoms with Gasteiger partial charge in [-0.2, -0.15) is 0 Å². The number of aromatic hydroxyl groups is 1. The van der Waals surface area contributed by atoms with Crippen LogP contribution in [-0.2, 0) is 6.54 Å². The van der Waals surface area contributed by atoms with Crippen LogP contribution in [0.5, 0.6) is 5.75 Å². The van der Waals surface area contributed by atoms with E-state index in [0.717, 1.165) is 23.8 Å². The molecule has 2 aliphatic carbocycles. The van der Waals surface area contributed by atoms with Gasteiger partial charge in [-0.25, -0.2) is 0 Å². The van der Waals surface area contributed by atoms with Crippen LogP contribution < -0.4 is 10.9 Å². The summed E-state index contributed by atoms with van der Waals surface area (Å²) in [5.74, 6) is 0.900. The number of piperidine rings is 2. The van der Waals surface area contributed by atoms with Gasteiger partial charge in [0.05, 0.1) is 18.2 Å². The van der Waals surface area contributed by atoms with E-state index in [1.807, 2.05) is 18.2 Å². The normalized spacial score (nSPS) is 26.2. The Hall–Kier alpha value is -3.19. The lowest BCUT2D eigenvalue weighted by Gasteiger charge is -2.58. The first-order valence-electron chi connectivity index (χ1n) is 12.8. The number of fused-ring (bicyclic) bond motifs is 1. The minimum atomic E-state index is -0.501. The lowest BCUT2D eigenvalue weighted by molar-refractivity contribution is -0.0875. The molecule has 0 radical (unpaired) electrons. The quantitative estimate of drug-likeness (QED) is 0.569. The zero-order valence-corrected chi connectivity index (χ0v) is 20.1. The van der Waals surface area contributed by atoms with Gasteiger partial charge in [0.15, 0.2) is 0 Å². The number of para-hydroxylation sites is 1. The van der Waals surface area contributed by atoms with Crippen molar-refractivity contribution in [3.05, 3.63) is 70.3 Å². The van der Waals surface area contributed by atoms with E-state index in [-0.39, 0.29) is 24.0 Å². The highest BCUT2D eigenvalue weighted by Crippen LogP contribution is 2.49. The van der Waals surface area contributed by atoms with E-state index in [9.17, 15) is 14.7 Å². The maximum absolute atomic E-state index is 13.6. The largest absolute Gasteiger partial charge is 0.506 e. The van der Waals surface area contributed by atoms with Crippen molar-refractivity contribution in [2.75, 3.05) is 0 Å². The van der Waals surface area contributed by atoms with Crippen molar-refractivity contribution in [2.24, 2.45) is 11.8 Å². The van der Waals surface area contributed by atoms with Gasteiger partial charge in [0.25, 0.3) is 11.5 Å². The molecule has 2 aliphatic heterocycles. The van der Waals surface area contributed by atoms with Crippen molar-refractivity contribution in [1.29, 1.82) is 0 Å². The molecule has 4 heterocycles. The lowest BCUT2D eigenvalue weighted by Crippen LogP contribution is -2.64. The van der Waals surface area contributed by atoms with Crippen LogP contribution in [-0.4, -0.2) is 43.7 Å². The topological polar surface area (TPSA) is 87.5 Å². The number of hydrogen-bond donors (Lipinski definition) is 2. The molecule has 182 valence electrons. The van der Waals surface area contributed by atoms with E-state index < -0.39 is 11.5 Å². The Kier molecular flexibility index (Phi) is 5.60. The van der Waals surface area contributed by atoms with Crippen molar-refractivity contribution >= 4 is 16.8 Å². The summed E-state index contributed by atoms with van der Waals surface area (Å²) in [5, 5.41) is 14.7. The first-order chi connectivity index (χ1) is 17.0. The number of carbonyl (C=O) groups excluding carboxylic acids is 1. The van der Waals surface area contributed by atoms with Crippen LogP contribution in [0.3, 0.4) is 0 Å². The summed E-state index contributed by atoms with van der Waals surface area (Å²) in [7, 11) is 0. The third-order valence-electron chi connectivity index (χ3n) is 8.41. The maximum atomic E-state index is 13.6. The molecule has 0 spiro atoms. The van der Waals surface area contributed by atoms with Gasteiger partial charge in [-0.1, -0.05) is 25.1 Å². The first-order valence-corrected chi connectivity index (χ1v) is 12.8. The number of nitrogens with zero attached hydrogens (tertiary/aromatic N) is 3. The Morgan fingerprint density at radius 3 is 2.46 bits per heavy atom. The highest BCUT2D eigenvalue weighted by molar-refractivity contribution is 6.02. The number of carbonyl (C=O) groups is 1. The molecule has 2 aromatic heterocycles. The molecular weight excluding hydrogens is 440 g/mol. The van der Waals surface area contributed by atoms with E-state index in [0.29, 0.717) is 23.0 Å². The number of nitrogens with one attached hydrogen (secondary N) is 1. The van der Waals surface area contributed by atoms with Gasteiger partial charge in [0, 0.05) is 29.9 Å². The predicted molar refractivity (Wildman–Crippen MR) is 134 cm³/mol. The molecule has 1 amide bonds. The minimum Gasteiger partial charge on any atom is -0.506 e. The summed E-state index contributed by atoms with van der Waals surface area (Å²) in [6.07, 6.45) is 10.2. The molecule has 3 aromatic rings. The molecule has 7 nitrogen and oxygen atoms in total. The molecule has 1 unspecified atom stereocenters. The standard InChI is InChI=1S/C28H32N4O3/c1-2-24(32-20-11-18-10-19(13-20)14-21(32)12-18)30-27(34)25-26(33)22-7-3-4-8-23(22)31(28(25)35)16-17-6-5-9-29-15-17/h3-9,15,18-21,24,33H,2,10-14,16H2,1H3,(H,30,34). The molecule has 4 aliphatic rings. The van der Waals surface area contributed by atoms with Crippen LogP contribution in [0.4, 0.5) is 0 Å². The molecule has 2 N–H and O–H groups in total.